The first-order valence-corrected chi connectivity index (χ1v) is 7.33. The van der Waals surface area contributed by atoms with Gasteiger partial charge in [-0.15, -0.1) is 0 Å². The van der Waals surface area contributed by atoms with E-state index in [0.717, 1.165) is 25.7 Å². The Balaban J connectivity index is 1.96. The van der Waals surface area contributed by atoms with E-state index in [1.165, 1.54) is 25.3 Å². The van der Waals surface area contributed by atoms with Crippen molar-refractivity contribution in [2.75, 3.05) is 13.7 Å². The van der Waals surface area contributed by atoms with Gasteiger partial charge in [-0.1, -0.05) is 0 Å². The van der Waals surface area contributed by atoms with E-state index in [1.807, 2.05) is 0 Å². The van der Waals surface area contributed by atoms with Gasteiger partial charge in [-0.3, -0.25) is 4.79 Å². The predicted molar refractivity (Wildman–Crippen MR) is 77.4 cm³/mol. The molecule has 0 unspecified atom stereocenters. The smallest absolute Gasteiger partial charge is 0.251 e. The van der Waals surface area contributed by atoms with Gasteiger partial charge in [0.1, 0.15) is 5.82 Å². The molecular weight excluding hydrogens is 273 g/mol. The van der Waals surface area contributed by atoms with Crippen molar-refractivity contribution in [2.24, 2.45) is 5.92 Å². The number of rotatable bonds is 5. The number of carbonyl (C=O) groups is 1. The number of hydrogen-bond acceptors (Lipinski definition) is 3. The fourth-order valence-electron chi connectivity index (χ4n) is 2.74. The minimum Gasteiger partial charge on any atom is -0.396 e. The lowest BCUT2D eigenvalue weighted by atomic mass is 9.86. The molecule has 0 radical (unpaired) electrons. The summed E-state index contributed by atoms with van der Waals surface area (Å²) in [6.07, 6.45) is 3.62. The topological polar surface area (TPSA) is 58.6 Å². The zero-order chi connectivity index (χ0) is 15.2. The first kappa shape index (κ1) is 15.9. The van der Waals surface area contributed by atoms with E-state index in [2.05, 4.69) is 5.32 Å². The zero-order valence-electron chi connectivity index (χ0n) is 12.3. The third kappa shape index (κ3) is 4.25. The van der Waals surface area contributed by atoms with Crippen molar-refractivity contribution in [3.63, 3.8) is 0 Å². The lowest BCUT2D eigenvalue weighted by Crippen LogP contribution is -2.38. The highest BCUT2D eigenvalue weighted by Crippen LogP contribution is 2.24. The van der Waals surface area contributed by atoms with Crippen LogP contribution in [0.1, 0.15) is 41.6 Å². The lowest BCUT2D eigenvalue weighted by Gasteiger charge is -2.28. The van der Waals surface area contributed by atoms with Crippen LogP contribution in [-0.2, 0) is 11.3 Å². The largest absolute Gasteiger partial charge is 0.396 e. The molecule has 0 aliphatic heterocycles. The van der Waals surface area contributed by atoms with Crippen LogP contribution in [0.2, 0.25) is 0 Å². The highest BCUT2D eigenvalue weighted by Gasteiger charge is 2.22. The van der Waals surface area contributed by atoms with Crippen LogP contribution in [0.25, 0.3) is 0 Å². The Hall–Kier alpha value is -1.46. The van der Waals surface area contributed by atoms with Crippen LogP contribution in [0.15, 0.2) is 18.2 Å². The summed E-state index contributed by atoms with van der Waals surface area (Å²) < 4.78 is 18.4. The van der Waals surface area contributed by atoms with Crippen molar-refractivity contribution in [1.82, 2.24) is 5.32 Å². The Morgan fingerprint density at radius 2 is 2.10 bits per heavy atom. The molecule has 4 nitrogen and oxygen atoms in total. The Labute approximate surface area is 124 Å². The quantitative estimate of drug-likeness (QED) is 0.876. The van der Waals surface area contributed by atoms with E-state index in [9.17, 15) is 9.18 Å². The average molecular weight is 295 g/mol. The molecule has 1 aliphatic carbocycles. The average Bonchev–Trinajstić information content (AvgIpc) is 2.50. The number of halogens is 1. The summed E-state index contributed by atoms with van der Waals surface area (Å²) in [6, 6.07) is 4.46. The van der Waals surface area contributed by atoms with Gasteiger partial charge >= 0.3 is 0 Å². The van der Waals surface area contributed by atoms with Crippen molar-refractivity contribution < 1.29 is 19.0 Å². The summed E-state index contributed by atoms with van der Waals surface area (Å²) in [6.45, 7) is 0.369. The molecule has 0 bridgehead atoms. The van der Waals surface area contributed by atoms with E-state index in [0.29, 0.717) is 17.0 Å². The third-order valence-corrected chi connectivity index (χ3v) is 4.05. The molecule has 2 N–H and O–H groups in total. The van der Waals surface area contributed by atoms with Gasteiger partial charge in [0.05, 0.1) is 6.61 Å². The molecule has 0 atom stereocenters. The highest BCUT2D eigenvalue weighted by atomic mass is 19.1. The van der Waals surface area contributed by atoms with Crippen molar-refractivity contribution in [2.45, 2.75) is 38.3 Å². The van der Waals surface area contributed by atoms with E-state index in [-0.39, 0.29) is 31.0 Å². The molecular formula is C16H22FNO3. The summed E-state index contributed by atoms with van der Waals surface area (Å²) >= 11 is 0. The van der Waals surface area contributed by atoms with Crippen LogP contribution in [-0.4, -0.2) is 30.8 Å². The molecule has 116 valence electrons. The first-order chi connectivity index (χ1) is 10.1. The van der Waals surface area contributed by atoms with E-state index in [1.54, 1.807) is 0 Å². The number of benzene rings is 1. The van der Waals surface area contributed by atoms with E-state index >= 15 is 0 Å². The monoisotopic (exact) mass is 295 g/mol. The Morgan fingerprint density at radius 1 is 1.38 bits per heavy atom. The van der Waals surface area contributed by atoms with Crippen LogP contribution in [0.4, 0.5) is 4.39 Å². The second-order valence-corrected chi connectivity index (χ2v) is 5.61. The van der Waals surface area contributed by atoms with Gasteiger partial charge in [-0.2, -0.15) is 0 Å². The molecule has 1 aromatic carbocycles. The summed E-state index contributed by atoms with van der Waals surface area (Å²) in [4.78, 5) is 12.2. The van der Waals surface area contributed by atoms with Crippen LogP contribution < -0.4 is 5.32 Å². The maximum Gasteiger partial charge on any atom is 0.251 e. The van der Waals surface area contributed by atoms with Gasteiger partial charge in [0, 0.05) is 30.9 Å². The van der Waals surface area contributed by atoms with Crippen molar-refractivity contribution in [3.05, 3.63) is 35.1 Å². The number of aliphatic hydroxyl groups is 1. The highest BCUT2D eigenvalue weighted by molar-refractivity contribution is 5.94. The number of amides is 1. The van der Waals surface area contributed by atoms with Crippen molar-refractivity contribution in [3.8, 4) is 0 Å². The first-order valence-electron chi connectivity index (χ1n) is 7.33. The van der Waals surface area contributed by atoms with Crippen LogP contribution >= 0.6 is 0 Å². The minimum atomic E-state index is -0.364. The second kappa shape index (κ2) is 7.52. The van der Waals surface area contributed by atoms with E-state index in [4.69, 9.17) is 9.84 Å². The summed E-state index contributed by atoms with van der Waals surface area (Å²) in [5.41, 5.74) is 0.835. The van der Waals surface area contributed by atoms with Gasteiger partial charge in [0.2, 0.25) is 0 Å². The Morgan fingerprint density at radius 3 is 2.71 bits per heavy atom. The zero-order valence-corrected chi connectivity index (χ0v) is 12.3. The molecule has 0 heterocycles. The lowest BCUT2D eigenvalue weighted by molar-refractivity contribution is 0.0913. The standard InChI is InChI=1S/C16H22FNO3/c1-21-10-13-8-12(4-7-15(13)17)16(20)18-14-5-2-11(9-19)3-6-14/h4,7-8,11,14,19H,2-3,5-6,9-10H2,1H3,(H,18,20). The SMILES string of the molecule is COCc1cc(C(=O)NC2CCC(CO)CC2)ccc1F. The maximum absolute atomic E-state index is 13.5. The summed E-state index contributed by atoms with van der Waals surface area (Å²) in [7, 11) is 1.49. The number of hydrogen-bond donors (Lipinski definition) is 2. The molecule has 1 fully saturated rings. The number of carbonyl (C=O) groups excluding carboxylic acids is 1. The predicted octanol–water partition coefficient (Wildman–Crippen LogP) is 2.25. The molecule has 21 heavy (non-hydrogen) atoms. The molecule has 0 spiro atoms. The molecule has 2 rings (SSSR count). The Kier molecular flexibility index (Phi) is 5.70. The van der Waals surface area contributed by atoms with E-state index < -0.39 is 0 Å². The number of ether oxygens (including phenoxy) is 1. The molecule has 1 aliphatic rings. The van der Waals surface area contributed by atoms with Gasteiger partial charge in [0.25, 0.3) is 5.91 Å². The van der Waals surface area contributed by atoms with Crippen LogP contribution in [0.3, 0.4) is 0 Å². The molecule has 1 amide bonds. The molecule has 0 aromatic heterocycles. The molecule has 1 aromatic rings. The van der Waals surface area contributed by atoms with Gasteiger partial charge in [-0.25, -0.2) is 4.39 Å². The molecule has 5 heteroatoms. The number of methoxy groups -OCH3 is 1. The fraction of sp³-hybridized carbons (Fsp3) is 0.562. The van der Waals surface area contributed by atoms with Crippen LogP contribution in [0.5, 0.6) is 0 Å². The fourth-order valence-corrected chi connectivity index (χ4v) is 2.74. The van der Waals surface area contributed by atoms with Crippen LogP contribution in [0, 0.1) is 11.7 Å². The normalized spacial score (nSPS) is 22.0. The minimum absolute atomic E-state index is 0.135. The Bertz CT molecular complexity index is 484. The third-order valence-electron chi connectivity index (χ3n) is 4.05. The summed E-state index contributed by atoms with van der Waals surface area (Å²) in [5.74, 6) is -0.186. The molecule has 1 saturated carbocycles. The van der Waals surface area contributed by atoms with Gasteiger partial charge < -0.3 is 15.2 Å². The van der Waals surface area contributed by atoms with Crippen molar-refractivity contribution in [1.29, 1.82) is 0 Å². The van der Waals surface area contributed by atoms with Gasteiger partial charge in [-0.05, 0) is 49.8 Å². The second-order valence-electron chi connectivity index (χ2n) is 5.61. The molecule has 0 saturated heterocycles. The van der Waals surface area contributed by atoms with Crippen molar-refractivity contribution >= 4 is 5.91 Å². The van der Waals surface area contributed by atoms with Gasteiger partial charge in [0.15, 0.2) is 0 Å². The summed E-state index contributed by atoms with van der Waals surface area (Å²) in [5, 5.41) is 12.1. The number of nitrogens with one attached hydrogen (secondary N) is 1. The number of aliphatic hydroxyl groups excluding tert-OH is 1. The maximum atomic E-state index is 13.5.